The summed E-state index contributed by atoms with van der Waals surface area (Å²) in [5.74, 6) is 0.711. The van der Waals surface area contributed by atoms with Crippen LogP contribution in [-0.2, 0) is 6.42 Å². The van der Waals surface area contributed by atoms with Crippen LogP contribution in [0.2, 0.25) is 0 Å². The van der Waals surface area contributed by atoms with Gasteiger partial charge in [0.2, 0.25) is 0 Å². The van der Waals surface area contributed by atoms with Crippen LogP contribution in [0.25, 0.3) is 0 Å². The predicted octanol–water partition coefficient (Wildman–Crippen LogP) is 2.69. The molecule has 0 saturated heterocycles. The normalized spacial score (nSPS) is 10.2. The summed E-state index contributed by atoms with van der Waals surface area (Å²) in [5.41, 5.74) is 1.71. The summed E-state index contributed by atoms with van der Waals surface area (Å²) in [7, 11) is 0. The van der Waals surface area contributed by atoms with Gasteiger partial charge in [-0.15, -0.1) is 0 Å². The average Bonchev–Trinajstić information content (AvgIpc) is 2.46. The van der Waals surface area contributed by atoms with E-state index < -0.39 is 0 Å². The molecule has 0 bridgehead atoms. The standard InChI is InChI=1S/C15H16N2O2/c1-2-19-14-9-13(10-17-11-14)15(18)4-3-12-5-7-16-8-6-12/h5-11H,2-4H2,1H3. The Bertz CT molecular complexity index is 541. The highest BCUT2D eigenvalue weighted by Crippen LogP contribution is 2.14. The van der Waals surface area contributed by atoms with E-state index in [9.17, 15) is 4.79 Å². The maximum absolute atomic E-state index is 12.1. The molecule has 0 fully saturated rings. The van der Waals surface area contributed by atoms with E-state index in [2.05, 4.69) is 9.97 Å². The molecule has 0 radical (unpaired) electrons. The zero-order valence-corrected chi connectivity index (χ0v) is 10.9. The SMILES string of the molecule is CCOc1cncc(C(=O)CCc2ccncc2)c1. The Hall–Kier alpha value is -2.23. The molecule has 2 aromatic heterocycles. The Labute approximate surface area is 112 Å². The second kappa shape index (κ2) is 6.64. The van der Waals surface area contributed by atoms with Gasteiger partial charge in [0.25, 0.3) is 0 Å². The van der Waals surface area contributed by atoms with Crippen molar-refractivity contribution in [1.82, 2.24) is 9.97 Å². The summed E-state index contributed by atoms with van der Waals surface area (Å²) in [6.07, 6.45) is 7.83. The second-order valence-corrected chi connectivity index (χ2v) is 4.12. The van der Waals surface area contributed by atoms with Crippen LogP contribution in [-0.4, -0.2) is 22.4 Å². The molecule has 0 aliphatic heterocycles. The highest BCUT2D eigenvalue weighted by Gasteiger charge is 2.08. The van der Waals surface area contributed by atoms with Crippen LogP contribution >= 0.6 is 0 Å². The third-order valence-corrected chi connectivity index (χ3v) is 2.74. The third kappa shape index (κ3) is 3.88. The number of nitrogens with zero attached hydrogens (tertiary/aromatic N) is 2. The van der Waals surface area contributed by atoms with Crippen LogP contribution in [0, 0.1) is 0 Å². The van der Waals surface area contributed by atoms with Gasteiger partial charge in [-0.1, -0.05) is 0 Å². The molecule has 2 rings (SSSR count). The lowest BCUT2D eigenvalue weighted by Crippen LogP contribution is -2.03. The van der Waals surface area contributed by atoms with E-state index in [0.29, 0.717) is 30.8 Å². The van der Waals surface area contributed by atoms with E-state index in [1.807, 2.05) is 19.1 Å². The zero-order chi connectivity index (χ0) is 13.5. The van der Waals surface area contributed by atoms with Gasteiger partial charge in [0.1, 0.15) is 5.75 Å². The number of carbonyl (C=O) groups excluding carboxylic acids is 1. The Balaban J connectivity index is 1.98. The number of carbonyl (C=O) groups is 1. The quantitative estimate of drug-likeness (QED) is 0.746. The number of pyridine rings is 2. The molecule has 0 spiro atoms. The van der Waals surface area contributed by atoms with Crippen molar-refractivity contribution in [2.24, 2.45) is 0 Å². The molecule has 0 aromatic carbocycles. The lowest BCUT2D eigenvalue weighted by atomic mass is 10.0. The van der Waals surface area contributed by atoms with Crippen LogP contribution in [0.5, 0.6) is 5.75 Å². The lowest BCUT2D eigenvalue weighted by molar-refractivity contribution is 0.0982. The second-order valence-electron chi connectivity index (χ2n) is 4.12. The number of hydrogen-bond acceptors (Lipinski definition) is 4. The van der Waals surface area contributed by atoms with Crippen LogP contribution in [0.1, 0.15) is 29.3 Å². The Kier molecular flexibility index (Phi) is 4.61. The molecule has 19 heavy (non-hydrogen) atoms. The van der Waals surface area contributed by atoms with Gasteiger partial charge < -0.3 is 4.74 Å². The molecule has 4 nitrogen and oxygen atoms in total. The van der Waals surface area contributed by atoms with Crippen molar-refractivity contribution >= 4 is 5.78 Å². The predicted molar refractivity (Wildman–Crippen MR) is 72.3 cm³/mol. The maximum atomic E-state index is 12.1. The molecule has 0 saturated carbocycles. The summed E-state index contributed by atoms with van der Waals surface area (Å²) in [6, 6.07) is 5.58. The minimum atomic E-state index is 0.0749. The van der Waals surface area contributed by atoms with E-state index in [4.69, 9.17) is 4.74 Å². The van der Waals surface area contributed by atoms with E-state index >= 15 is 0 Å². The molecule has 0 amide bonds. The molecule has 98 valence electrons. The Morgan fingerprint density at radius 2 is 2.00 bits per heavy atom. The fraction of sp³-hybridized carbons (Fsp3) is 0.267. The topological polar surface area (TPSA) is 52.1 Å². The van der Waals surface area contributed by atoms with Crippen LogP contribution < -0.4 is 4.74 Å². The smallest absolute Gasteiger partial charge is 0.164 e. The molecular formula is C15H16N2O2. The first-order chi connectivity index (χ1) is 9.29. The summed E-state index contributed by atoms with van der Waals surface area (Å²) in [4.78, 5) is 20.0. The first-order valence-corrected chi connectivity index (χ1v) is 6.29. The van der Waals surface area contributed by atoms with Gasteiger partial charge in [0.15, 0.2) is 5.78 Å². The van der Waals surface area contributed by atoms with Crippen molar-refractivity contribution in [3.63, 3.8) is 0 Å². The number of Topliss-reactive ketones (excluding diaryl/α,β-unsaturated/α-hetero) is 1. The molecule has 0 N–H and O–H groups in total. The zero-order valence-electron chi connectivity index (χ0n) is 10.9. The van der Waals surface area contributed by atoms with Crippen molar-refractivity contribution in [3.8, 4) is 5.75 Å². The van der Waals surface area contributed by atoms with E-state index in [0.717, 1.165) is 5.56 Å². The summed E-state index contributed by atoms with van der Waals surface area (Å²) in [5, 5.41) is 0. The number of hydrogen-bond donors (Lipinski definition) is 0. The number of ketones is 1. The molecule has 2 heterocycles. The number of aromatic nitrogens is 2. The van der Waals surface area contributed by atoms with Crippen molar-refractivity contribution in [2.75, 3.05) is 6.61 Å². The van der Waals surface area contributed by atoms with Crippen LogP contribution in [0.3, 0.4) is 0 Å². The van der Waals surface area contributed by atoms with Crippen molar-refractivity contribution in [2.45, 2.75) is 19.8 Å². The maximum Gasteiger partial charge on any atom is 0.164 e. The summed E-state index contributed by atoms with van der Waals surface area (Å²) in [6.45, 7) is 2.47. The van der Waals surface area contributed by atoms with E-state index in [-0.39, 0.29) is 5.78 Å². The minimum Gasteiger partial charge on any atom is -0.492 e. The monoisotopic (exact) mass is 256 g/mol. The molecule has 0 unspecified atom stereocenters. The molecule has 0 atom stereocenters. The fourth-order valence-electron chi connectivity index (χ4n) is 1.77. The Morgan fingerprint density at radius 3 is 2.74 bits per heavy atom. The lowest BCUT2D eigenvalue weighted by Gasteiger charge is -2.05. The summed E-state index contributed by atoms with van der Waals surface area (Å²) >= 11 is 0. The van der Waals surface area contributed by atoms with Gasteiger partial charge >= 0.3 is 0 Å². The number of rotatable bonds is 6. The minimum absolute atomic E-state index is 0.0749. The van der Waals surface area contributed by atoms with Crippen LogP contribution in [0.4, 0.5) is 0 Å². The Morgan fingerprint density at radius 1 is 1.21 bits per heavy atom. The molecule has 0 aliphatic rings. The van der Waals surface area contributed by atoms with Gasteiger partial charge in [0.05, 0.1) is 12.8 Å². The van der Waals surface area contributed by atoms with Gasteiger partial charge in [-0.25, -0.2) is 0 Å². The van der Waals surface area contributed by atoms with E-state index in [1.165, 1.54) is 0 Å². The van der Waals surface area contributed by atoms with Crippen molar-refractivity contribution in [3.05, 3.63) is 54.1 Å². The largest absolute Gasteiger partial charge is 0.492 e. The fourth-order valence-corrected chi connectivity index (χ4v) is 1.77. The molecule has 2 aromatic rings. The average molecular weight is 256 g/mol. The van der Waals surface area contributed by atoms with Crippen molar-refractivity contribution < 1.29 is 9.53 Å². The van der Waals surface area contributed by atoms with Gasteiger partial charge in [-0.2, -0.15) is 0 Å². The molecular weight excluding hydrogens is 240 g/mol. The first kappa shape index (κ1) is 13.2. The highest BCUT2D eigenvalue weighted by atomic mass is 16.5. The van der Waals surface area contributed by atoms with E-state index in [1.54, 1.807) is 30.9 Å². The molecule has 0 aliphatic carbocycles. The molecule has 4 heteroatoms. The van der Waals surface area contributed by atoms with Gasteiger partial charge in [-0.05, 0) is 37.1 Å². The summed E-state index contributed by atoms with van der Waals surface area (Å²) < 4.78 is 5.34. The van der Waals surface area contributed by atoms with Gasteiger partial charge in [-0.3, -0.25) is 14.8 Å². The number of aryl methyl sites for hydroxylation is 1. The third-order valence-electron chi connectivity index (χ3n) is 2.74. The van der Waals surface area contributed by atoms with Gasteiger partial charge in [0, 0.05) is 30.6 Å². The number of ether oxygens (including phenoxy) is 1. The first-order valence-electron chi connectivity index (χ1n) is 6.29. The van der Waals surface area contributed by atoms with Crippen LogP contribution in [0.15, 0.2) is 43.0 Å². The van der Waals surface area contributed by atoms with Crippen molar-refractivity contribution in [1.29, 1.82) is 0 Å². The highest BCUT2D eigenvalue weighted by molar-refractivity contribution is 5.96.